The molecule has 1 aliphatic heterocycles. The summed E-state index contributed by atoms with van der Waals surface area (Å²) in [5, 5.41) is 3.48. The predicted octanol–water partition coefficient (Wildman–Crippen LogP) is 2.50. The average Bonchev–Trinajstić information content (AvgIpc) is 2.67. The van der Waals surface area contributed by atoms with Crippen LogP contribution in [0.5, 0.6) is 0 Å². The first-order valence-electron chi connectivity index (χ1n) is 6.20. The molecule has 0 aromatic carbocycles. The standard InChI is InChI=1S/C12H19BrClN3S/c1-16-4-6-17(7-5-16)3-2-15-9-10-8-11(13)12(14)18-10/h8,15H,2-7,9H2,1H3. The minimum absolute atomic E-state index is 0.839. The van der Waals surface area contributed by atoms with E-state index in [1.165, 1.54) is 31.1 Å². The summed E-state index contributed by atoms with van der Waals surface area (Å²) in [6.07, 6.45) is 0. The molecule has 0 radical (unpaired) electrons. The molecule has 6 heteroatoms. The van der Waals surface area contributed by atoms with E-state index < -0.39 is 0 Å². The van der Waals surface area contributed by atoms with Gasteiger partial charge in [0.15, 0.2) is 0 Å². The van der Waals surface area contributed by atoms with Crippen LogP contribution >= 0.6 is 38.9 Å². The van der Waals surface area contributed by atoms with Gasteiger partial charge in [0.2, 0.25) is 0 Å². The lowest BCUT2D eigenvalue weighted by Gasteiger charge is -2.32. The highest BCUT2D eigenvalue weighted by molar-refractivity contribution is 9.10. The molecule has 1 aromatic heterocycles. The number of halogens is 2. The maximum Gasteiger partial charge on any atom is 0.107 e. The second-order valence-electron chi connectivity index (χ2n) is 4.66. The van der Waals surface area contributed by atoms with Gasteiger partial charge in [0, 0.05) is 55.2 Å². The van der Waals surface area contributed by atoms with E-state index in [0.29, 0.717) is 0 Å². The maximum atomic E-state index is 6.01. The van der Waals surface area contributed by atoms with Crippen LogP contribution in [0.2, 0.25) is 4.34 Å². The molecule has 102 valence electrons. The van der Waals surface area contributed by atoms with Gasteiger partial charge in [0.25, 0.3) is 0 Å². The molecule has 3 nitrogen and oxygen atoms in total. The van der Waals surface area contributed by atoms with Crippen molar-refractivity contribution in [3.05, 3.63) is 19.8 Å². The molecule has 0 saturated carbocycles. The molecule has 1 aliphatic rings. The molecule has 0 spiro atoms. The van der Waals surface area contributed by atoms with Crippen LogP contribution in [0.15, 0.2) is 10.5 Å². The van der Waals surface area contributed by atoms with Gasteiger partial charge in [-0.15, -0.1) is 11.3 Å². The molecule has 0 amide bonds. The quantitative estimate of drug-likeness (QED) is 0.822. The lowest BCUT2D eigenvalue weighted by Crippen LogP contribution is -2.46. The third kappa shape index (κ3) is 4.47. The van der Waals surface area contributed by atoms with Crippen molar-refractivity contribution in [1.82, 2.24) is 15.1 Å². The Morgan fingerprint density at radius 3 is 2.72 bits per heavy atom. The van der Waals surface area contributed by atoms with Gasteiger partial charge in [-0.3, -0.25) is 4.90 Å². The molecule has 1 N–H and O–H groups in total. The lowest BCUT2D eigenvalue weighted by molar-refractivity contribution is 0.154. The molecule has 1 saturated heterocycles. The Labute approximate surface area is 126 Å². The van der Waals surface area contributed by atoms with Crippen molar-refractivity contribution in [3.63, 3.8) is 0 Å². The molecule has 2 heterocycles. The van der Waals surface area contributed by atoms with Crippen LogP contribution in [0.3, 0.4) is 0 Å². The predicted molar refractivity (Wildman–Crippen MR) is 82.7 cm³/mol. The molecular weight excluding hydrogens is 334 g/mol. The van der Waals surface area contributed by atoms with Crippen molar-refractivity contribution in [3.8, 4) is 0 Å². The van der Waals surface area contributed by atoms with Crippen LogP contribution in [-0.2, 0) is 6.54 Å². The third-order valence-corrected chi connectivity index (χ3v) is 5.67. The SMILES string of the molecule is CN1CCN(CCNCc2cc(Br)c(Cl)s2)CC1. The summed E-state index contributed by atoms with van der Waals surface area (Å²) in [5.41, 5.74) is 0. The number of likely N-dealkylation sites (N-methyl/N-ethyl adjacent to an activating group) is 1. The first kappa shape index (κ1) is 14.8. The van der Waals surface area contributed by atoms with Crippen LogP contribution in [0, 0.1) is 0 Å². The van der Waals surface area contributed by atoms with E-state index in [9.17, 15) is 0 Å². The van der Waals surface area contributed by atoms with Crippen LogP contribution in [-0.4, -0.2) is 56.1 Å². The summed E-state index contributed by atoms with van der Waals surface area (Å²) in [5.74, 6) is 0. The molecular formula is C12H19BrClN3S. The Balaban J connectivity index is 1.61. The Bertz CT molecular complexity index is 358. The largest absolute Gasteiger partial charge is 0.311 e. The van der Waals surface area contributed by atoms with Gasteiger partial charge in [0.05, 0.1) is 0 Å². The van der Waals surface area contributed by atoms with Gasteiger partial charge in [-0.05, 0) is 29.0 Å². The molecule has 1 fully saturated rings. The Morgan fingerprint density at radius 1 is 1.39 bits per heavy atom. The summed E-state index contributed by atoms with van der Waals surface area (Å²) in [4.78, 5) is 6.18. The van der Waals surface area contributed by atoms with Crippen molar-refractivity contribution in [2.75, 3.05) is 46.3 Å². The number of nitrogens with one attached hydrogen (secondary N) is 1. The van der Waals surface area contributed by atoms with E-state index in [1.807, 2.05) is 0 Å². The number of piperazine rings is 1. The molecule has 0 aliphatic carbocycles. The highest BCUT2D eigenvalue weighted by Crippen LogP contribution is 2.31. The Morgan fingerprint density at radius 2 is 2.11 bits per heavy atom. The zero-order chi connectivity index (χ0) is 13.0. The van der Waals surface area contributed by atoms with Gasteiger partial charge in [-0.1, -0.05) is 11.6 Å². The molecule has 0 unspecified atom stereocenters. The van der Waals surface area contributed by atoms with E-state index >= 15 is 0 Å². The maximum absolute atomic E-state index is 6.01. The summed E-state index contributed by atoms with van der Waals surface area (Å²) in [7, 11) is 2.19. The lowest BCUT2D eigenvalue weighted by atomic mass is 10.3. The fourth-order valence-corrected chi connectivity index (χ4v) is 3.76. The topological polar surface area (TPSA) is 18.5 Å². The average molecular weight is 353 g/mol. The second kappa shape index (κ2) is 7.22. The normalized spacial score (nSPS) is 18.4. The molecule has 18 heavy (non-hydrogen) atoms. The van der Waals surface area contributed by atoms with Crippen molar-refractivity contribution in [2.45, 2.75) is 6.54 Å². The molecule has 2 rings (SSSR count). The van der Waals surface area contributed by atoms with Crippen molar-refractivity contribution in [2.24, 2.45) is 0 Å². The van der Waals surface area contributed by atoms with Crippen molar-refractivity contribution in [1.29, 1.82) is 0 Å². The highest BCUT2D eigenvalue weighted by atomic mass is 79.9. The third-order valence-electron chi connectivity index (χ3n) is 3.20. The zero-order valence-electron chi connectivity index (χ0n) is 10.6. The fourth-order valence-electron chi connectivity index (χ4n) is 2.00. The van der Waals surface area contributed by atoms with Crippen LogP contribution < -0.4 is 5.32 Å². The highest BCUT2D eigenvalue weighted by Gasteiger charge is 2.12. The van der Waals surface area contributed by atoms with Crippen molar-refractivity contribution < 1.29 is 0 Å². The van der Waals surface area contributed by atoms with Gasteiger partial charge in [-0.2, -0.15) is 0 Å². The summed E-state index contributed by atoms with van der Waals surface area (Å²) < 4.78 is 1.84. The van der Waals surface area contributed by atoms with Gasteiger partial charge < -0.3 is 10.2 Å². The zero-order valence-corrected chi connectivity index (χ0v) is 13.7. The van der Waals surface area contributed by atoms with Crippen LogP contribution in [0.4, 0.5) is 0 Å². The Hall–Kier alpha value is 0.350. The van der Waals surface area contributed by atoms with Gasteiger partial charge >= 0.3 is 0 Å². The fraction of sp³-hybridized carbons (Fsp3) is 0.667. The number of thiophene rings is 1. The van der Waals surface area contributed by atoms with Gasteiger partial charge in [0.1, 0.15) is 4.34 Å². The summed E-state index contributed by atoms with van der Waals surface area (Å²) in [6, 6.07) is 2.09. The number of rotatable bonds is 5. The summed E-state index contributed by atoms with van der Waals surface area (Å²) >= 11 is 11.1. The smallest absolute Gasteiger partial charge is 0.107 e. The number of nitrogens with zero attached hydrogens (tertiary/aromatic N) is 2. The first-order valence-corrected chi connectivity index (χ1v) is 8.19. The van der Waals surface area contributed by atoms with E-state index in [0.717, 1.165) is 28.4 Å². The monoisotopic (exact) mass is 351 g/mol. The van der Waals surface area contributed by atoms with E-state index in [-0.39, 0.29) is 0 Å². The van der Waals surface area contributed by atoms with Crippen LogP contribution in [0.25, 0.3) is 0 Å². The number of hydrogen-bond acceptors (Lipinski definition) is 4. The van der Waals surface area contributed by atoms with E-state index in [4.69, 9.17) is 11.6 Å². The minimum Gasteiger partial charge on any atom is -0.311 e. The van der Waals surface area contributed by atoms with Crippen molar-refractivity contribution >= 4 is 38.9 Å². The number of hydrogen-bond donors (Lipinski definition) is 1. The first-order chi connectivity index (χ1) is 8.65. The molecule has 0 bridgehead atoms. The van der Waals surface area contributed by atoms with E-state index in [2.05, 4.69) is 44.2 Å². The second-order valence-corrected chi connectivity index (χ2v) is 7.25. The van der Waals surface area contributed by atoms with E-state index in [1.54, 1.807) is 11.3 Å². The Kier molecular flexibility index (Phi) is 5.92. The molecule has 0 atom stereocenters. The summed E-state index contributed by atoms with van der Waals surface area (Å²) in [6.45, 7) is 7.83. The molecule has 1 aromatic rings. The van der Waals surface area contributed by atoms with Crippen LogP contribution in [0.1, 0.15) is 4.88 Å². The van der Waals surface area contributed by atoms with Gasteiger partial charge in [-0.25, -0.2) is 0 Å². The minimum atomic E-state index is 0.839.